The molecular weight excluding hydrogens is 435 g/mol. The molecular formula is C22H32F3N7O. The number of hydrazone groups is 2. The van der Waals surface area contributed by atoms with Gasteiger partial charge in [0, 0.05) is 25.4 Å². The van der Waals surface area contributed by atoms with Crippen molar-refractivity contribution in [2.24, 2.45) is 26.0 Å². The molecule has 1 atom stereocenters. The van der Waals surface area contributed by atoms with Gasteiger partial charge in [0.15, 0.2) is 11.5 Å². The molecule has 8 nitrogen and oxygen atoms in total. The van der Waals surface area contributed by atoms with Crippen LogP contribution in [0.2, 0.25) is 0 Å². The van der Waals surface area contributed by atoms with E-state index in [-0.39, 0.29) is 12.5 Å². The standard InChI is InChI=1S/C22H32F3N7O/c1-6-8-19(30-26)32-21(4,5)29-20(31-11-12-33-15-16(31)3)14-17(9-10-28-32)13-18(27-7-2)22(23,24)25/h6-8,10,13-14,16H,9,11-12,15,26H2,1-5H3/b8-6-,17-14+,18-13+,27-7-,28-10-,29-20+,30-19+/t16-/m1/s1. The van der Waals surface area contributed by atoms with E-state index in [4.69, 9.17) is 15.6 Å². The molecule has 2 aliphatic rings. The lowest BCUT2D eigenvalue weighted by Gasteiger charge is -2.38. The Morgan fingerprint density at radius 3 is 2.64 bits per heavy atom. The Bertz CT molecular complexity index is 898. The van der Waals surface area contributed by atoms with Crippen molar-refractivity contribution < 1.29 is 17.9 Å². The number of aliphatic imine (C=N–C) groups is 2. The highest BCUT2D eigenvalue weighted by molar-refractivity contribution is 5.97. The van der Waals surface area contributed by atoms with Crippen LogP contribution in [-0.2, 0) is 4.74 Å². The Morgan fingerprint density at radius 1 is 1.33 bits per heavy atom. The minimum absolute atomic E-state index is 0.0150. The SMILES string of the molecule is C/C=C\C(=N/N)N1/N=C\CC(/C=C(/N=C\C)C(F)(F)F)=C\C(N2CCOC[C@H]2C)=N/C1(C)C. The molecule has 2 N–H and O–H groups in total. The van der Waals surface area contributed by atoms with Crippen molar-refractivity contribution in [3.05, 3.63) is 35.6 Å². The summed E-state index contributed by atoms with van der Waals surface area (Å²) in [6.07, 6.45) is 4.31. The molecule has 0 amide bonds. The van der Waals surface area contributed by atoms with Gasteiger partial charge in [0.1, 0.15) is 11.5 Å². The molecule has 0 saturated carbocycles. The van der Waals surface area contributed by atoms with E-state index in [2.05, 4.69) is 15.2 Å². The summed E-state index contributed by atoms with van der Waals surface area (Å²) in [6, 6.07) is -0.0150. The van der Waals surface area contributed by atoms with E-state index in [1.165, 1.54) is 13.1 Å². The minimum Gasteiger partial charge on any atom is -0.377 e. The molecule has 0 aromatic carbocycles. The van der Waals surface area contributed by atoms with Crippen LogP contribution < -0.4 is 5.84 Å². The van der Waals surface area contributed by atoms with Gasteiger partial charge in [-0.2, -0.15) is 23.4 Å². The van der Waals surface area contributed by atoms with Crippen LogP contribution in [0.4, 0.5) is 13.2 Å². The highest BCUT2D eigenvalue weighted by Crippen LogP contribution is 2.29. The van der Waals surface area contributed by atoms with Crippen LogP contribution in [-0.4, -0.2) is 71.6 Å². The number of halogens is 3. The molecule has 33 heavy (non-hydrogen) atoms. The molecule has 0 unspecified atom stereocenters. The molecule has 0 radical (unpaired) electrons. The predicted octanol–water partition coefficient (Wildman–Crippen LogP) is 3.84. The van der Waals surface area contributed by atoms with Crippen LogP contribution in [0.5, 0.6) is 0 Å². The Morgan fingerprint density at radius 2 is 2.06 bits per heavy atom. The number of nitrogens with two attached hydrogens (primary N) is 1. The molecule has 0 aromatic heterocycles. The monoisotopic (exact) mass is 467 g/mol. The van der Waals surface area contributed by atoms with Crippen molar-refractivity contribution in [2.75, 3.05) is 19.8 Å². The molecule has 2 aliphatic heterocycles. The van der Waals surface area contributed by atoms with Gasteiger partial charge in [-0.25, -0.2) is 10.0 Å². The molecule has 0 bridgehead atoms. The van der Waals surface area contributed by atoms with Crippen molar-refractivity contribution in [3.8, 4) is 0 Å². The quantitative estimate of drug-likeness (QED) is 0.295. The number of alkyl halides is 3. The summed E-state index contributed by atoms with van der Waals surface area (Å²) in [5.41, 5.74) is -1.57. The summed E-state index contributed by atoms with van der Waals surface area (Å²) in [4.78, 5) is 10.5. The highest BCUT2D eigenvalue weighted by atomic mass is 19.4. The van der Waals surface area contributed by atoms with E-state index in [1.807, 2.05) is 32.6 Å². The summed E-state index contributed by atoms with van der Waals surface area (Å²) >= 11 is 0. The second-order valence-corrected chi connectivity index (χ2v) is 8.02. The number of hydrogen-bond donors (Lipinski definition) is 1. The Balaban J connectivity index is 2.69. The zero-order valence-electron chi connectivity index (χ0n) is 19.7. The second kappa shape index (κ2) is 11.3. The van der Waals surface area contributed by atoms with E-state index in [9.17, 15) is 13.2 Å². The number of allylic oxidation sites excluding steroid dienone is 4. The van der Waals surface area contributed by atoms with Crippen molar-refractivity contribution >= 4 is 24.1 Å². The van der Waals surface area contributed by atoms with E-state index in [0.717, 1.165) is 12.3 Å². The summed E-state index contributed by atoms with van der Waals surface area (Å²) < 4.78 is 46.1. The lowest BCUT2D eigenvalue weighted by molar-refractivity contribution is -0.0923. The van der Waals surface area contributed by atoms with Gasteiger partial charge in [-0.05, 0) is 58.4 Å². The van der Waals surface area contributed by atoms with Gasteiger partial charge in [0.25, 0.3) is 0 Å². The summed E-state index contributed by atoms with van der Waals surface area (Å²) in [5, 5.41) is 9.82. The first-order valence-electron chi connectivity index (χ1n) is 10.7. The average molecular weight is 468 g/mol. The van der Waals surface area contributed by atoms with Gasteiger partial charge in [0.05, 0.1) is 19.3 Å². The van der Waals surface area contributed by atoms with Crippen LogP contribution >= 0.6 is 0 Å². The Labute approximate surface area is 192 Å². The predicted molar refractivity (Wildman–Crippen MR) is 126 cm³/mol. The number of amidine groups is 2. The van der Waals surface area contributed by atoms with Crippen molar-refractivity contribution in [1.29, 1.82) is 0 Å². The van der Waals surface area contributed by atoms with E-state index in [1.54, 1.807) is 23.2 Å². The van der Waals surface area contributed by atoms with Crippen LogP contribution in [0, 0.1) is 0 Å². The maximum Gasteiger partial charge on any atom is 0.433 e. The third-order valence-electron chi connectivity index (χ3n) is 4.95. The van der Waals surface area contributed by atoms with Crippen molar-refractivity contribution in [2.45, 2.75) is 58.9 Å². The molecule has 1 fully saturated rings. The van der Waals surface area contributed by atoms with Gasteiger partial charge in [-0.1, -0.05) is 6.08 Å². The molecule has 0 aliphatic carbocycles. The van der Waals surface area contributed by atoms with Gasteiger partial charge in [-0.15, -0.1) is 0 Å². The van der Waals surface area contributed by atoms with Crippen LogP contribution in [0.15, 0.2) is 55.8 Å². The molecule has 182 valence electrons. The molecule has 1 saturated heterocycles. The third kappa shape index (κ3) is 7.01. The maximum absolute atomic E-state index is 13.5. The first-order chi connectivity index (χ1) is 15.5. The molecule has 11 heteroatoms. The van der Waals surface area contributed by atoms with Crippen LogP contribution in [0.25, 0.3) is 0 Å². The fourth-order valence-electron chi connectivity index (χ4n) is 3.43. The fourth-order valence-corrected chi connectivity index (χ4v) is 3.43. The largest absolute Gasteiger partial charge is 0.433 e. The first-order valence-corrected chi connectivity index (χ1v) is 10.7. The van der Waals surface area contributed by atoms with Gasteiger partial charge < -0.3 is 15.5 Å². The fraction of sp³-hybridized carbons (Fsp3) is 0.545. The molecule has 2 heterocycles. The number of hydrogen-bond acceptors (Lipinski definition) is 7. The first kappa shape index (κ1) is 26.3. The molecule has 0 spiro atoms. The number of nitrogens with zero attached hydrogens (tertiary/aromatic N) is 6. The second-order valence-electron chi connectivity index (χ2n) is 8.02. The van der Waals surface area contributed by atoms with Crippen LogP contribution in [0.1, 0.15) is 41.0 Å². The number of rotatable bonds is 3. The maximum atomic E-state index is 13.5. The summed E-state index contributed by atoms with van der Waals surface area (Å²) in [7, 11) is 0. The Hall–Kier alpha value is -2.95. The van der Waals surface area contributed by atoms with Gasteiger partial charge in [-0.3, -0.25) is 4.99 Å². The number of ether oxygens (including phenoxy) is 1. The zero-order valence-corrected chi connectivity index (χ0v) is 19.7. The zero-order chi connectivity index (χ0) is 24.6. The van der Waals surface area contributed by atoms with Gasteiger partial charge in [0.2, 0.25) is 0 Å². The van der Waals surface area contributed by atoms with E-state index >= 15 is 0 Å². The summed E-state index contributed by atoms with van der Waals surface area (Å²) in [6.45, 7) is 10.4. The molecule has 0 aromatic rings. The molecule has 2 rings (SSSR count). The normalized spacial score (nSPS) is 27.6. The highest BCUT2D eigenvalue weighted by Gasteiger charge is 2.35. The van der Waals surface area contributed by atoms with Crippen LogP contribution in [0.3, 0.4) is 0 Å². The lowest BCUT2D eigenvalue weighted by Crippen LogP contribution is -2.49. The topological polar surface area (TPSA) is 91.2 Å². The minimum atomic E-state index is -4.59. The number of morpholine rings is 1. The van der Waals surface area contributed by atoms with E-state index < -0.39 is 17.5 Å². The van der Waals surface area contributed by atoms with Crippen molar-refractivity contribution in [3.63, 3.8) is 0 Å². The summed E-state index contributed by atoms with van der Waals surface area (Å²) in [5.74, 6) is 6.48. The smallest absolute Gasteiger partial charge is 0.377 e. The van der Waals surface area contributed by atoms with Crippen molar-refractivity contribution in [1.82, 2.24) is 9.91 Å². The third-order valence-corrected chi connectivity index (χ3v) is 4.95. The lowest BCUT2D eigenvalue weighted by atomic mass is 10.1. The Kier molecular flexibility index (Phi) is 8.98. The average Bonchev–Trinajstić information content (AvgIpc) is 2.79. The van der Waals surface area contributed by atoms with E-state index in [0.29, 0.717) is 37.0 Å². The van der Waals surface area contributed by atoms with Gasteiger partial charge >= 0.3 is 6.18 Å².